The van der Waals surface area contributed by atoms with Crippen molar-refractivity contribution in [3.05, 3.63) is 73.6 Å². The van der Waals surface area contributed by atoms with Gasteiger partial charge in [-0.25, -0.2) is 4.79 Å². The zero-order chi connectivity index (χ0) is 21.3. The molecule has 0 atom stereocenters. The maximum atomic E-state index is 12.6. The number of nitrogens with one attached hydrogen (secondary N) is 1. The van der Waals surface area contributed by atoms with Crippen LogP contribution in [0.3, 0.4) is 0 Å². The Hall–Kier alpha value is -2.63. The molecule has 0 spiro atoms. The van der Waals surface area contributed by atoms with Crippen LogP contribution in [-0.4, -0.2) is 24.4 Å². The molecule has 0 aliphatic carbocycles. The number of halogens is 1. The average molecular weight is 413 g/mol. The van der Waals surface area contributed by atoms with Crippen LogP contribution in [0.5, 0.6) is 0 Å². The fourth-order valence-electron chi connectivity index (χ4n) is 3.63. The summed E-state index contributed by atoms with van der Waals surface area (Å²) in [6.45, 7) is 8.48. The molecular formula is C23H25ClN2O3. The normalized spacial score (nSPS) is 11.3. The van der Waals surface area contributed by atoms with E-state index in [1.54, 1.807) is 12.1 Å². The van der Waals surface area contributed by atoms with Crippen molar-refractivity contribution in [1.29, 1.82) is 0 Å². The van der Waals surface area contributed by atoms with E-state index < -0.39 is 5.63 Å². The molecule has 3 aromatic rings. The highest BCUT2D eigenvalue weighted by Crippen LogP contribution is 2.26. The second kappa shape index (κ2) is 8.39. The van der Waals surface area contributed by atoms with Crippen molar-refractivity contribution < 1.29 is 9.21 Å². The number of hydrogen-bond acceptors (Lipinski definition) is 4. The van der Waals surface area contributed by atoms with Crippen molar-refractivity contribution in [1.82, 2.24) is 4.90 Å². The van der Waals surface area contributed by atoms with Crippen LogP contribution in [-0.2, 0) is 11.3 Å². The molecule has 3 rings (SSSR count). The smallest absolute Gasteiger partial charge is 0.336 e. The number of fused-ring (bicyclic) bond motifs is 1. The summed E-state index contributed by atoms with van der Waals surface area (Å²) in [5.41, 5.74) is 5.79. The average Bonchev–Trinajstić information content (AvgIpc) is 2.59. The molecule has 0 saturated heterocycles. The Labute approximate surface area is 175 Å². The molecule has 1 heterocycles. The Bertz CT molecular complexity index is 1130. The first-order valence-electron chi connectivity index (χ1n) is 9.43. The highest BCUT2D eigenvalue weighted by atomic mass is 35.5. The first-order valence-corrected chi connectivity index (χ1v) is 9.81. The Morgan fingerprint density at radius 1 is 1.03 bits per heavy atom. The molecule has 152 valence electrons. The van der Waals surface area contributed by atoms with Crippen LogP contribution in [0.1, 0.15) is 27.8 Å². The summed E-state index contributed by atoms with van der Waals surface area (Å²) < 4.78 is 5.30. The van der Waals surface area contributed by atoms with Gasteiger partial charge in [0.1, 0.15) is 5.58 Å². The van der Waals surface area contributed by atoms with Crippen LogP contribution in [0.15, 0.2) is 39.5 Å². The fourth-order valence-corrected chi connectivity index (χ4v) is 3.79. The second-order valence-electron chi connectivity index (χ2n) is 7.68. The highest BCUT2D eigenvalue weighted by Gasteiger charge is 2.14. The summed E-state index contributed by atoms with van der Waals surface area (Å²) in [7, 11) is 1.84. The van der Waals surface area contributed by atoms with E-state index in [0.29, 0.717) is 17.2 Å². The van der Waals surface area contributed by atoms with Crippen LogP contribution < -0.4 is 10.9 Å². The minimum absolute atomic E-state index is 0.108. The lowest BCUT2D eigenvalue weighted by molar-refractivity contribution is -0.117. The largest absolute Gasteiger partial charge is 0.423 e. The van der Waals surface area contributed by atoms with Crippen LogP contribution >= 0.6 is 11.6 Å². The number of aryl methyl sites for hydroxylation is 4. The van der Waals surface area contributed by atoms with E-state index in [4.69, 9.17) is 16.0 Å². The lowest BCUT2D eigenvalue weighted by atomic mass is 10.1. The van der Waals surface area contributed by atoms with Gasteiger partial charge in [0.2, 0.25) is 5.91 Å². The van der Waals surface area contributed by atoms with Gasteiger partial charge in [-0.1, -0.05) is 29.3 Å². The summed E-state index contributed by atoms with van der Waals surface area (Å²) in [6.07, 6.45) is 0. The molecule has 0 fully saturated rings. The van der Waals surface area contributed by atoms with Crippen molar-refractivity contribution in [3.8, 4) is 0 Å². The van der Waals surface area contributed by atoms with Gasteiger partial charge in [-0.05, 0) is 69.1 Å². The number of amides is 1. The predicted molar refractivity (Wildman–Crippen MR) is 118 cm³/mol. The molecule has 5 nitrogen and oxygen atoms in total. The van der Waals surface area contributed by atoms with E-state index in [9.17, 15) is 9.59 Å². The van der Waals surface area contributed by atoms with E-state index in [2.05, 4.69) is 5.32 Å². The topological polar surface area (TPSA) is 62.6 Å². The van der Waals surface area contributed by atoms with Gasteiger partial charge in [-0.3, -0.25) is 9.69 Å². The maximum absolute atomic E-state index is 12.6. The van der Waals surface area contributed by atoms with Gasteiger partial charge in [0.05, 0.1) is 6.54 Å². The molecule has 1 N–H and O–H groups in total. The summed E-state index contributed by atoms with van der Waals surface area (Å²) in [5, 5.41) is 4.39. The zero-order valence-corrected chi connectivity index (χ0v) is 18.1. The molecule has 1 amide bonds. The maximum Gasteiger partial charge on any atom is 0.336 e. The Morgan fingerprint density at radius 3 is 2.34 bits per heavy atom. The molecule has 0 aliphatic heterocycles. The predicted octanol–water partition coefficient (Wildman–Crippen LogP) is 4.75. The summed E-state index contributed by atoms with van der Waals surface area (Å²) in [5.74, 6) is -0.108. The van der Waals surface area contributed by atoms with Gasteiger partial charge in [0.25, 0.3) is 0 Å². The molecule has 0 radical (unpaired) electrons. The third-order valence-electron chi connectivity index (χ3n) is 4.90. The van der Waals surface area contributed by atoms with Gasteiger partial charge in [0.15, 0.2) is 0 Å². The number of carbonyl (C=O) groups excluding carboxylic acids is 1. The van der Waals surface area contributed by atoms with Gasteiger partial charge < -0.3 is 9.73 Å². The molecule has 0 unspecified atom stereocenters. The quantitative estimate of drug-likeness (QED) is 0.614. The lowest BCUT2D eigenvalue weighted by Crippen LogP contribution is -2.30. The zero-order valence-electron chi connectivity index (χ0n) is 17.4. The van der Waals surface area contributed by atoms with Gasteiger partial charge in [-0.15, -0.1) is 0 Å². The van der Waals surface area contributed by atoms with Gasteiger partial charge >= 0.3 is 5.63 Å². The van der Waals surface area contributed by atoms with Gasteiger partial charge in [0, 0.05) is 28.7 Å². The summed E-state index contributed by atoms with van der Waals surface area (Å²) in [6, 6.07) is 9.12. The van der Waals surface area contributed by atoms with Crippen molar-refractivity contribution in [3.63, 3.8) is 0 Å². The van der Waals surface area contributed by atoms with Crippen molar-refractivity contribution in [2.45, 2.75) is 34.2 Å². The van der Waals surface area contributed by atoms with Crippen LogP contribution in [0.4, 0.5) is 5.69 Å². The van der Waals surface area contributed by atoms with Crippen LogP contribution in [0.2, 0.25) is 5.02 Å². The monoisotopic (exact) mass is 412 g/mol. The van der Waals surface area contributed by atoms with Crippen molar-refractivity contribution in [2.24, 2.45) is 0 Å². The molecule has 0 bridgehead atoms. The van der Waals surface area contributed by atoms with Crippen molar-refractivity contribution >= 4 is 34.2 Å². The molecule has 6 heteroatoms. The second-order valence-corrected chi connectivity index (χ2v) is 8.09. The molecule has 1 aromatic heterocycles. The fraction of sp³-hybridized carbons (Fsp3) is 0.304. The third-order valence-corrected chi connectivity index (χ3v) is 5.31. The number of anilines is 1. The SMILES string of the molecule is Cc1cc(C)c(NC(=O)CN(C)Cc2cc(=O)oc3cc(C)c(Cl)cc23)c(C)c1. The van der Waals surface area contributed by atoms with E-state index in [-0.39, 0.29) is 12.5 Å². The number of likely N-dealkylation sites (N-methyl/N-ethyl adjacent to an activating group) is 1. The first-order chi connectivity index (χ1) is 13.6. The molecule has 2 aromatic carbocycles. The minimum atomic E-state index is -0.419. The lowest BCUT2D eigenvalue weighted by Gasteiger charge is -2.19. The number of hydrogen-bond donors (Lipinski definition) is 1. The van der Waals surface area contributed by atoms with Gasteiger partial charge in [-0.2, -0.15) is 0 Å². The Kier molecular flexibility index (Phi) is 6.10. The molecule has 29 heavy (non-hydrogen) atoms. The van der Waals surface area contributed by atoms with E-state index in [1.165, 1.54) is 11.6 Å². The number of benzene rings is 2. The number of rotatable bonds is 5. The van der Waals surface area contributed by atoms with E-state index in [1.807, 2.05) is 51.8 Å². The molecular weight excluding hydrogens is 388 g/mol. The Morgan fingerprint density at radius 2 is 1.69 bits per heavy atom. The third kappa shape index (κ3) is 4.86. The van der Waals surface area contributed by atoms with Crippen LogP contribution in [0, 0.1) is 27.7 Å². The number of carbonyl (C=O) groups is 1. The standard InChI is InChI=1S/C23H25ClN2O3/c1-13-6-15(3)23(16(4)7-13)25-21(27)12-26(5)11-17-9-22(28)29-20-8-14(2)19(24)10-18(17)20/h6-10H,11-12H2,1-5H3,(H,25,27). The first kappa shape index (κ1) is 21.1. The van der Waals surface area contributed by atoms with Crippen LogP contribution in [0.25, 0.3) is 11.0 Å². The van der Waals surface area contributed by atoms with E-state index >= 15 is 0 Å². The molecule has 0 saturated carbocycles. The number of nitrogens with zero attached hydrogens (tertiary/aromatic N) is 1. The summed E-state index contributed by atoms with van der Waals surface area (Å²) in [4.78, 5) is 26.4. The highest BCUT2D eigenvalue weighted by molar-refractivity contribution is 6.32. The van der Waals surface area contributed by atoms with Crippen molar-refractivity contribution in [2.75, 3.05) is 18.9 Å². The summed E-state index contributed by atoms with van der Waals surface area (Å²) >= 11 is 6.25. The van der Waals surface area contributed by atoms with E-state index in [0.717, 1.165) is 33.3 Å². The molecule has 0 aliphatic rings. The minimum Gasteiger partial charge on any atom is -0.423 e. The Balaban J connectivity index is 1.77.